The van der Waals surface area contributed by atoms with E-state index in [1.54, 1.807) is 6.08 Å². The van der Waals surface area contributed by atoms with Gasteiger partial charge in [0.15, 0.2) is 5.78 Å². The van der Waals surface area contributed by atoms with Crippen molar-refractivity contribution in [2.75, 3.05) is 5.43 Å². The Hall–Kier alpha value is -1.77. The van der Waals surface area contributed by atoms with Gasteiger partial charge in [0.1, 0.15) is 0 Å². The molecule has 3 nitrogen and oxygen atoms in total. The third-order valence-electron chi connectivity index (χ3n) is 5.57. The van der Waals surface area contributed by atoms with Crippen LogP contribution in [0.1, 0.15) is 33.6 Å². The minimum absolute atomic E-state index is 0.0134. The van der Waals surface area contributed by atoms with E-state index < -0.39 is 0 Å². The quantitative estimate of drug-likeness (QED) is 0.826. The number of hydrogen-bond acceptors (Lipinski definition) is 3. The molecular weight excluding hydrogens is 248 g/mol. The van der Waals surface area contributed by atoms with E-state index >= 15 is 0 Å². The first-order valence-electron chi connectivity index (χ1n) is 7.28. The summed E-state index contributed by atoms with van der Waals surface area (Å²) in [5, 5.41) is 0. The van der Waals surface area contributed by atoms with Crippen LogP contribution < -0.4 is 10.9 Å². The molecule has 0 radical (unpaired) electrons. The summed E-state index contributed by atoms with van der Waals surface area (Å²) in [5.41, 5.74) is 8.56. The number of anilines is 1. The molecule has 0 saturated heterocycles. The van der Waals surface area contributed by atoms with E-state index in [2.05, 4.69) is 31.6 Å². The van der Waals surface area contributed by atoms with Crippen molar-refractivity contribution < 1.29 is 4.79 Å². The van der Waals surface area contributed by atoms with E-state index in [0.717, 1.165) is 24.2 Å². The lowest BCUT2D eigenvalue weighted by Crippen LogP contribution is -2.46. The topological polar surface area (TPSA) is 41.1 Å². The van der Waals surface area contributed by atoms with Gasteiger partial charge in [-0.2, -0.15) is 0 Å². The average molecular weight is 270 g/mol. The Kier molecular flexibility index (Phi) is 2.89. The summed E-state index contributed by atoms with van der Waals surface area (Å²) in [6.07, 6.45) is 3.86. The van der Waals surface area contributed by atoms with Gasteiger partial charge in [-0.25, -0.2) is 0 Å². The van der Waals surface area contributed by atoms with Crippen LogP contribution in [-0.4, -0.2) is 5.78 Å². The molecule has 0 unspecified atom stereocenters. The Balaban J connectivity index is 1.84. The molecule has 3 rings (SSSR count). The van der Waals surface area contributed by atoms with Crippen molar-refractivity contribution in [1.29, 1.82) is 0 Å². The molecule has 2 bridgehead atoms. The van der Waals surface area contributed by atoms with Crippen LogP contribution in [0, 0.1) is 16.7 Å². The molecule has 2 N–H and O–H groups in total. The van der Waals surface area contributed by atoms with Gasteiger partial charge in [-0.3, -0.25) is 4.79 Å². The monoisotopic (exact) mass is 270 g/mol. The second kappa shape index (κ2) is 4.37. The Morgan fingerprint density at radius 2 is 1.80 bits per heavy atom. The highest BCUT2D eigenvalue weighted by molar-refractivity contribution is 5.95. The van der Waals surface area contributed by atoms with Crippen LogP contribution in [0.25, 0.3) is 0 Å². The number of hydrazine groups is 1. The summed E-state index contributed by atoms with van der Waals surface area (Å²) in [6.45, 7) is 6.71. The maximum atomic E-state index is 12.3. The summed E-state index contributed by atoms with van der Waals surface area (Å²) >= 11 is 0. The zero-order chi connectivity index (χ0) is 14.4. The summed E-state index contributed by atoms with van der Waals surface area (Å²) in [6, 6.07) is 9.97. The van der Waals surface area contributed by atoms with Gasteiger partial charge < -0.3 is 10.9 Å². The van der Waals surface area contributed by atoms with Gasteiger partial charge in [0.2, 0.25) is 0 Å². The first kappa shape index (κ1) is 13.2. The highest BCUT2D eigenvalue weighted by Crippen LogP contribution is 2.61. The zero-order valence-corrected chi connectivity index (χ0v) is 12.4. The predicted molar refractivity (Wildman–Crippen MR) is 80.9 cm³/mol. The fourth-order valence-corrected chi connectivity index (χ4v) is 3.72. The molecule has 0 aromatic heterocycles. The predicted octanol–water partition coefficient (Wildman–Crippen LogP) is 3.51. The third-order valence-corrected chi connectivity index (χ3v) is 5.57. The van der Waals surface area contributed by atoms with Gasteiger partial charge in [-0.1, -0.05) is 39.0 Å². The molecule has 0 spiro atoms. The normalized spacial score (nSPS) is 30.9. The number of allylic oxidation sites excluding steroid dienone is 2. The molecule has 1 aromatic rings. The lowest BCUT2D eigenvalue weighted by atomic mass is 9.60. The van der Waals surface area contributed by atoms with Gasteiger partial charge >= 0.3 is 0 Å². The van der Waals surface area contributed by atoms with E-state index in [0.29, 0.717) is 0 Å². The number of hydrogen-bond donors (Lipinski definition) is 2. The van der Waals surface area contributed by atoms with Crippen molar-refractivity contribution in [1.82, 2.24) is 5.43 Å². The summed E-state index contributed by atoms with van der Waals surface area (Å²) < 4.78 is 0. The lowest BCUT2D eigenvalue weighted by molar-refractivity contribution is -0.123. The maximum Gasteiger partial charge on any atom is 0.161 e. The number of fused-ring (bicyclic) bond motifs is 2. The highest BCUT2D eigenvalue weighted by Gasteiger charge is 2.58. The van der Waals surface area contributed by atoms with Crippen LogP contribution in [-0.2, 0) is 4.79 Å². The molecule has 106 valence electrons. The van der Waals surface area contributed by atoms with E-state index in [1.165, 1.54) is 0 Å². The first-order valence-corrected chi connectivity index (χ1v) is 7.28. The molecule has 1 saturated carbocycles. The molecule has 1 fully saturated rings. The van der Waals surface area contributed by atoms with Gasteiger partial charge in [-0.15, -0.1) is 0 Å². The highest BCUT2D eigenvalue weighted by atomic mass is 16.1. The number of benzene rings is 1. The Morgan fingerprint density at radius 1 is 1.10 bits per heavy atom. The minimum atomic E-state index is 0.0134. The summed E-state index contributed by atoms with van der Waals surface area (Å²) in [5.74, 6) is 0.442. The molecule has 20 heavy (non-hydrogen) atoms. The van der Waals surface area contributed by atoms with Crippen LogP contribution in [0.3, 0.4) is 0 Å². The first-order chi connectivity index (χ1) is 9.45. The summed E-state index contributed by atoms with van der Waals surface area (Å²) in [4.78, 5) is 12.3. The van der Waals surface area contributed by atoms with Crippen LogP contribution in [0.4, 0.5) is 5.69 Å². The SMILES string of the molecule is CC1(C)[C@@H]2CC[C@@]1(C)C(NNc1ccccc1)=CC2=O. The number of rotatable bonds is 3. The van der Waals surface area contributed by atoms with Gasteiger partial charge in [0, 0.05) is 23.1 Å². The number of carbonyl (C=O) groups excluding carboxylic acids is 1. The van der Waals surface area contributed by atoms with E-state index in [1.807, 2.05) is 30.3 Å². The van der Waals surface area contributed by atoms with Gasteiger partial charge in [0.05, 0.1) is 5.69 Å². The van der Waals surface area contributed by atoms with Crippen molar-refractivity contribution in [2.24, 2.45) is 16.7 Å². The van der Waals surface area contributed by atoms with Crippen molar-refractivity contribution in [3.8, 4) is 0 Å². The Morgan fingerprint density at radius 3 is 2.50 bits per heavy atom. The molecule has 0 amide bonds. The molecule has 2 atom stereocenters. The van der Waals surface area contributed by atoms with Crippen LogP contribution in [0.5, 0.6) is 0 Å². The second-order valence-electron chi connectivity index (χ2n) is 6.72. The van der Waals surface area contributed by atoms with E-state index in [-0.39, 0.29) is 22.5 Å². The fraction of sp³-hybridized carbons (Fsp3) is 0.471. The van der Waals surface area contributed by atoms with Crippen molar-refractivity contribution in [3.63, 3.8) is 0 Å². The number of ketones is 1. The molecule has 0 heterocycles. The van der Waals surface area contributed by atoms with E-state index in [4.69, 9.17) is 0 Å². The molecule has 2 aliphatic rings. The molecule has 0 aliphatic heterocycles. The molecule has 1 aromatic carbocycles. The van der Waals surface area contributed by atoms with Crippen molar-refractivity contribution in [3.05, 3.63) is 42.1 Å². The number of carbonyl (C=O) groups is 1. The number of nitrogens with one attached hydrogen (secondary N) is 2. The van der Waals surface area contributed by atoms with Crippen LogP contribution in [0.15, 0.2) is 42.1 Å². The zero-order valence-electron chi connectivity index (χ0n) is 12.4. The molecular formula is C17H22N2O. The third kappa shape index (κ3) is 1.76. The largest absolute Gasteiger partial charge is 0.304 e. The van der Waals surface area contributed by atoms with Crippen molar-refractivity contribution >= 4 is 11.5 Å². The Bertz CT molecular complexity index is 562. The standard InChI is InChI=1S/C17H22N2O/c1-16(2)13-9-10-17(16,3)15(11-14(13)20)19-18-12-7-5-4-6-8-12/h4-8,11,13,18-19H,9-10H2,1-3H3/t13-,17+/m1/s1. The minimum Gasteiger partial charge on any atom is -0.304 e. The average Bonchev–Trinajstić information content (AvgIpc) is 2.58. The molecule has 3 heteroatoms. The van der Waals surface area contributed by atoms with Gasteiger partial charge in [0.25, 0.3) is 0 Å². The van der Waals surface area contributed by atoms with Crippen LogP contribution >= 0.6 is 0 Å². The maximum absolute atomic E-state index is 12.3. The smallest absolute Gasteiger partial charge is 0.161 e. The summed E-state index contributed by atoms with van der Waals surface area (Å²) in [7, 11) is 0. The van der Waals surface area contributed by atoms with E-state index in [9.17, 15) is 4.79 Å². The lowest BCUT2D eigenvalue weighted by Gasteiger charge is -2.45. The van der Waals surface area contributed by atoms with Crippen LogP contribution in [0.2, 0.25) is 0 Å². The van der Waals surface area contributed by atoms with Crippen molar-refractivity contribution in [2.45, 2.75) is 33.6 Å². The second-order valence-corrected chi connectivity index (χ2v) is 6.72. The molecule has 2 aliphatic carbocycles. The van der Waals surface area contributed by atoms with Gasteiger partial charge in [-0.05, 0) is 30.4 Å². The number of para-hydroxylation sites is 1. The fourth-order valence-electron chi connectivity index (χ4n) is 3.72. The Labute approximate surface area is 120 Å².